The lowest BCUT2D eigenvalue weighted by Crippen LogP contribution is -2.54. The first-order valence-corrected chi connectivity index (χ1v) is 10.6. The number of carbonyl (C=O) groups is 1. The highest BCUT2D eigenvalue weighted by Gasteiger charge is 2.41. The van der Waals surface area contributed by atoms with Crippen LogP contribution in [0.15, 0.2) is 53.4 Å². The number of nitrogens with zero attached hydrogens (tertiary/aromatic N) is 3. The van der Waals surface area contributed by atoms with Crippen LogP contribution in [0.5, 0.6) is 0 Å². The lowest BCUT2D eigenvalue weighted by molar-refractivity contribution is -0.114. The molecule has 1 saturated heterocycles. The highest BCUT2D eigenvalue weighted by Crippen LogP contribution is 2.41. The summed E-state index contributed by atoms with van der Waals surface area (Å²) in [6.07, 6.45) is 6.58. The minimum absolute atomic E-state index is 0.357. The Labute approximate surface area is 174 Å². The second-order valence-electron chi connectivity index (χ2n) is 7.29. The summed E-state index contributed by atoms with van der Waals surface area (Å²) in [7, 11) is 2.14. The summed E-state index contributed by atoms with van der Waals surface area (Å²) in [5.41, 5.74) is 7.51. The predicted molar refractivity (Wildman–Crippen MR) is 114 cm³/mol. The highest BCUT2D eigenvalue weighted by molar-refractivity contribution is 7.10. The van der Waals surface area contributed by atoms with Crippen LogP contribution in [0.4, 0.5) is 0 Å². The molecule has 1 aliphatic heterocycles. The number of halogens is 1. The Morgan fingerprint density at radius 1 is 1.25 bits per heavy atom. The van der Waals surface area contributed by atoms with Crippen molar-refractivity contribution in [3.05, 3.63) is 63.5 Å². The molecule has 7 heteroatoms. The van der Waals surface area contributed by atoms with Crippen molar-refractivity contribution in [1.82, 2.24) is 14.8 Å². The first-order valence-electron chi connectivity index (χ1n) is 9.33. The van der Waals surface area contributed by atoms with Gasteiger partial charge in [0.15, 0.2) is 0 Å². The number of hydrogen-bond donors (Lipinski definition) is 1. The van der Waals surface area contributed by atoms with Gasteiger partial charge in [0, 0.05) is 47.7 Å². The van der Waals surface area contributed by atoms with E-state index >= 15 is 0 Å². The van der Waals surface area contributed by atoms with Crippen LogP contribution >= 0.6 is 22.9 Å². The Bertz CT molecular complexity index is 945. The van der Waals surface area contributed by atoms with Crippen LogP contribution in [0, 0.1) is 0 Å². The Kier molecular flexibility index (Phi) is 5.38. The van der Waals surface area contributed by atoms with Gasteiger partial charge in [-0.05, 0) is 19.5 Å². The molecule has 0 saturated carbocycles. The summed E-state index contributed by atoms with van der Waals surface area (Å²) >= 11 is 8.02. The molecule has 1 atom stereocenters. The maximum atomic E-state index is 11.6. The Balaban J connectivity index is 1.72. The molecule has 1 aliphatic carbocycles. The van der Waals surface area contributed by atoms with Crippen LogP contribution in [0.2, 0.25) is 5.02 Å². The average molecular weight is 415 g/mol. The van der Waals surface area contributed by atoms with E-state index in [1.54, 1.807) is 11.3 Å². The summed E-state index contributed by atoms with van der Waals surface area (Å²) in [6, 6.07) is 7.77. The fraction of sp³-hybridized carbons (Fsp3) is 0.333. The van der Waals surface area contributed by atoms with Gasteiger partial charge in [0.05, 0.1) is 11.2 Å². The molecule has 146 valence electrons. The number of likely N-dealkylation sites (N-methyl/N-ethyl adjacent to an activating group) is 1. The molecule has 1 fully saturated rings. The van der Waals surface area contributed by atoms with Gasteiger partial charge < -0.3 is 10.6 Å². The molecule has 0 bridgehead atoms. The maximum Gasteiger partial charge on any atom is 0.248 e. The lowest BCUT2D eigenvalue weighted by Gasteiger charge is -2.45. The number of primary amides is 1. The van der Waals surface area contributed by atoms with Gasteiger partial charge in [-0.1, -0.05) is 48.0 Å². The minimum Gasteiger partial charge on any atom is -0.366 e. The Morgan fingerprint density at radius 2 is 2.00 bits per heavy atom. The third-order valence-electron chi connectivity index (χ3n) is 5.55. The molecular formula is C21H23ClN4OS. The minimum atomic E-state index is -0.390. The number of carbonyl (C=O) groups excluding carboxylic acids is 1. The first-order chi connectivity index (χ1) is 13.5. The van der Waals surface area contributed by atoms with Crippen LogP contribution in [0.1, 0.15) is 11.4 Å². The standard InChI is InChI=1S/C21H23ClN4OS/c1-25-10-12-26(13-11-25)21(8-6-15(7-9-21)19(23)27)20-24-18(14-28-20)16-4-2-3-5-17(16)22/h2-8,14H,9-13H2,1H3,(H2,23,27). The molecule has 1 aromatic heterocycles. The summed E-state index contributed by atoms with van der Waals surface area (Å²) < 4.78 is 0. The van der Waals surface area contributed by atoms with Crippen molar-refractivity contribution in [2.24, 2.45) is 5.73 Å². The third kappa shape index (κ3) is 3.53. The number of piperazine rings is 1. The monoisotopic (exact) mass is 414 g/mol. The zero-order valence-electron chi connectivity index (χ0n) is 15.8. The van der Waals surface area contributed by atoms with Gasteiger partial charge in [-0.15, -0.1) is 11.3 Å². The van der Waals surface area contributed by atoms with Crippen LogP contribution in [0.25, 0.3) is 11.3 Å². The number of thiazole rings is 1. The molecule has 2 heterocycles. The Hall–Kier alpha value is -1.99. The van der Waals surface area contributed by atoms with E-state index in [4.69, 9.17) is 22.3 Å². The van der Waals surface area contributed by atoms with E-state index in [0.29, 0.717) is 17.0 Å². The summed E-state index contributed by atoms with van der Waals surface area (Å²) in [4.78, 5) is 21.4. The van der Waals surface area contributed by atoms with Gasteiger partial charge in [0.2, 0.25) is 5.91 Å². The van der Waals surface area contributed by atoms with E-state index < -0.39 is 0 Å². The first kappa shape index (κ1) is 19.3. The molecule has 4 rings (SSSR count). The van der Waals surface area contributed by atoms with E-state index in [1.807, 2.05) is 36.4 Å². The van der Waals surface area contributed by atoms with Crippen molar-refractivity contribution in [3.63, 3.8) is 0 Å². The fourth-order valence-corrected chi connectivity index (χ4v) is 5.08. The van der Waals surface area contributed by atoms with Crippen LogP contribution in [-0.2, 0) is 10.3 Å². The topological polar surface area (TPSA) is 62.5 Å². The van der Waals surface area contributed by atoms with Crippen molar-refractivity contribution in [2.45, 2.75) is 12.0 Å². The van der Waals surface area contributed by atoms with E-state index in [2.05, 4.69) is 28.3 Å². The number of amides is 1. The van der Waals surface area contributed by atoms with E-state index in [-0.39, 0.29) is 11.4 Å². The zero-order valence-corrected chi connectivity index (χ0v) is 17.3. The maximum absolute atomic E-state index is 11.6. The lowest BCUT2D eigenvalue weighted by atomic mass is 9.86. The number of nitrogens with two attached hydrogens (primary N) is 1. The quantitative estimate of drug-likeness (QED) is 0.833. The van der Waals surface area contributed by atoms with E-state index in [1.165, 1.54) is 0 Å². The van der Waals surface area contributed by atoms with Gasteiger partial charge in [-0.2, -0.15) is 0 Å². The molecule has 2 aliphatic rings. The smallest absolute Gasteiger partial charge is 0.248 e. The summed E-state index contributed by atoms with van der Waals surface area (Å²) in [6.45, 7) is 3.90. The molecule has 0 radical (unpaired) electrons. The molecule has 2 aromatic rings. The van der Waals surface area contributed by atoms with Gasteiger partial charge >= 0.3 is 0 Å². The molecule has 0 spiro atoms. The van der Waals surface area contributed by atoms with Crippen molar-refractivity contribution in [1.29, 1.82) is 0 Å². The van der Waals surface area contributed by atoms with Crippen LogP contribution in [-0.4, -0.2) is 53.9 Å². The van der Waals surface area contributed by atoms with Gasteiger partial charge in [0.1, 0.15) is 5.01 Å². The predicted octanol–water partition coefficient (Wildman–Crippen LogP) is 3.28. The summed E-state index contributed by atoms with van der Waals surface area (Å²) in [5, 5.41) is 3.78. The summed E-state index contributed by atoms with van der Waals surface area (Å²) in [5.74, 6) is -0.390. The number of rotatable bonds is 4. The van der Waals surface area contributed by atoms with Crippen molar-refractivity contribution in [2.75, 3.05) is 33.2 Å². The number of hydrogen-bond acceptors (Lipinski definition) is 5. The molecule has 1 unspecified atom stereocenters. The number of benzene rings is 1. The zero-order chi connectivity index (χ0) is 19.7. The van der Waals surface area contributed by atoms with Gasteiger partial charge in [-0.3, -0.25) is 9.69 Å². The average Bonchev–Trinajstić information content (AvgIpc) is 3.19. The van der Waals surface area contributed by atoms with Gasteiger partial charge in [-0.25, -0.2) is 4.98 Å². The second kappa shape index (κ2) is 7.79. The normalized spacial score (nSPS) is 23.6. The third-order valence-corrected chi connectivity index (χ3v) is 6.89. The van der Waals surface area contributed by atoms with Crippen molar-refractivity contribution < 1.29 is 4.79 Å². The molecule has 5 nitrogen and oxygen atoms in total. The van der Waals surface area contributed by atoms with E-state index in [9.17, 15) is 4.79 Å². The number of aromatic nitrogens is 1. The molecular weight excluding hydrogens is 392 g/mol. The second-order valence-corrected chi connectivity index (χ2v) is 8.56. The molecule has 28 heavy (non-hydrogen) atoms. The van der Waals surface area contributed by atoms with Crippen LogP contribution < -0.4 is 5.73 Å². The van der Waals surface area contributed by atoms with E-state index in [0.717, 1.165) is 42.4 Å². The SMILES string of the molecule is CN1CCN(C2(c3nc(-c4ccccc4Cl)cs3)C=CC(C(N)=O)=CC2)CC1. The molecule has 1 aromatic carbocycles. The van der Waals surface area contributed by atoms with Crippen molar-refractivity contribution >= 4 is 28.8 Å². The highest BCUT2D eigenvalue weighted by atomic mass is 35.5. The van der Waals surface area contributed by atoms with Gasteiger partial charge in [0.25, 0.3) is 0 Å². The van der Waals surface area contributed by atoms with Crippen LogP contribution in [0.3, 0.4) is 0 Å². The Morgan fingerprint density at radius 3 is 2.64 bits per heavy atom. The largest absolute Gasteiger partial charge is 0.366 e. The molecule has 2 N–H and O–H groups in total. The molecule has 1 amide bonds. The van der Waals surface area contributed by atoms with Crippen molar-refractivity contribution in [3.8, 4) is 11.3 Å². The fourth-order valence-electron chi connectivity index (χ4n) is 3.81.